The van der Waals surface area contributed by atoms with E-state index in [0.29, 0.717) is 35.8 Å². The van der Waals surface area contributed by atoms with E-state index in [-0.39, 0.29) is 26.4 Å². The Hall–Kier alpha value is -2.15. The van der Waals surface area contributed by atoms with Gasteiger partial charge in [-0.2, -0.15) is 0 Å². The Morgan fingerprint density at radius 3 is 2.79 bits per heavy atom. The van der Waals surface area contributed by atoms with Crippen molar-refractivity contribution in [1.29, 1.82) is 0 Å². The van der Waals surface area contributed by atoms with Crippen molar-refractivity contribution in [3.63, 3.8) is 0 Å². The van der Waals surface area contributed by atoms with E-state index >= 15 is 0 Å². The molecule has 0 aliphatic carbocycles. The molecule has 28 heavy (non-hydrogen) atoms. The van der Waals surface area contributed by atoms with Gasteiger partial charge in [0.05, 0.1) is 6.61 Å². The molecule has 0 unspecified atom stereocenters. The second-order valence-corrected chi connectivity index (χ2v) is 6.10. The minimum Gasteiger partial charge on any atom is -0.364 e. The molecule has 1 atom stereocenters. The Morgan fingerprint density at radius 2 is 2.11 bits per heavy atom. The van der Waals surface area contributed by atoms with E-state index in [1.807, 2.05) is 6.92 Å². The number of ether oxygens (including phenoxy) is 3. The lowest BCUT2D eigenvalue weighted by Crippen LogP contribution is -2.46. The molecule has 9 heteroatoms. The monoisotopic (exact) mass is 412 g/mol. The van der Waals surface area contributed by atoms with Crippen LogP contribution in [0, 0.1) is 12.3 Å². The Morgan fingerprint density at radius 1 is 1.32 bits per heavy atom. The van der Waals surface area contributed by atoms with Crippen molar-refractivity contribution in [3.8, 4) is 12.3 Å². The number of rotatable bonds is 13. The molecule has 154 valence electrons. The predicted molar refractivity (Wildman–Crippen MR) is 103 cm³/mol. The maximum atomic E-state index is 12.7. The summed E-state index contributed by atoms with van der Waals surface area (Å²) >= 11 is 5.98. The molecule has 0 saturated carbocycles. The molecule has 0 aromatic heterocycles. The van der Waals surface area contributed by atoms with E-state index in [1.54, 1.807) is 17.6 Å². The molecule has 1 aromatic rings. The van der Waals surface area contributed by atoms with Gasteiger partial charge in [-0.05, 0) is 43.5 Å². The van der Waals surface area contributed by atoms with Gasteiger partial charge in [0.2, 0.25) is 0 Å². The van der Waals surface area contributed by atoms with Gasteiger partial charge in [0.15, 0.2) is 0 Å². The number of hydrogen-bond donors (Lipinski definition) is 3. The van der Waals surface area contributed by atoms with E-state index in [4.69, 9.17) is 37.4 Å². The van der Waals surface area contributed by atoms with Crippen LogP contribution in [0.3, 0.4) is 0 Å². The first-order valence-electron chi connectivity index (χ1n) is 8.73. The van der Waals surface area contributed by atoms with Crippen molar-refractivity contribution in [3.05, 3.63) is 34.3 Å². The van der Waals surface area contributed by atoms with Crippen LogP contribution in [-0.4, -0.2) is 49.7 Å². The van der Waals surface area contributed by atoms with Gasteiger partial charge in [-0.15, -0.1) is 6.42 Å². The summed E-state index contributed by atoms with van der Waals surface area (Å²) in [6.07, 6.45) is 5.89. The molecule has 0 fully saturated rings. The molecule has 0 radical (unpaired) electrons. The van der Waals surface area contributed by atoms with Crippen molar-refractivity contribution in [2.45, 2.75) is 32.4 Å². The first-order valence-corrected chi connectivity index (χ1v) is 9.11. The number of nitrogens with one attached hydrogen (secondary N) is 2. The fraction of sp³-hybridized carbons (Fsp3) is 0.474. The summed E-state index contributed by atoms with van der Waals surface area (Å²) in [4.78, 5) is 24.5. The zero-order valence-corrected chi connectivity index (χ0v) is 16.5. The average molecular weight is 413 g/mol. The van der Waals surface area contributed by atoms with Gasteiger partial charge in [0.1, 0.15) is 19.4 Å². The summed E-state index contributed by atoms with van der Waals surface area (Å²) < 4.78 is 15.6. The molecule has 1 rings (SSSR count). The maximum Gasteiger partial charge on any atom is 0.265 e. The maximum absolute atomic E-state index is 12.7. The van der Waals surface area contributed by atoms with Gasteiger partial charge in [-0.1, -0.05) is 17.5 Å². The minimum atomic E-state index is -0.941. The Labute approximate surface area is 169 Å². The molecule has 0 bridgehead atoms. The van der Waals surface area contributed by atoms with Crippen LogP contribution in [0.4, 0.5) is 0 Å². The van der Waals surface area contributed by atoms with Crippen LogP contribution in [0.25, 0.3) is 0 Å². The second kappa shape index (κ2) is 13.9. The molecule has 8 nitrogen and oxygen atoms in total. The van der Waals surface area contributed by atoms with Crippen LogP contribution in [0.2, 0.25) is 5.02 Å². The number of amides is 2. The quantitative estimate of drug-likeness (QED) is 0.150. The molecule has 3 N–H and O–H groups in total. The predicted octanol–water partition coefficient (Wildman–Crippen LogP) is 1.88. The lowest BCUT2D eigenvalue weighted by atomic mass is 10.1. The third-order valence-corrected chi connectivity index (χ3v) is 3.87. The summed E-state index contributed by atoms with van der Waals surface area (Å²) in [6, 6.07) is 3.74. The molecule has 0 aliphatic rings. The van der Waals surface area contributed by atoms with Gasteiger partial charge >= 0.3 is 0 Å². The third kappa shape index (κ3) is 8.69. The SMILES string of the molecule is C#CCOCc1cc(Cl)ccc1C(=O)N[C@H](CCCOCOCC)C(=O)NO. The second-order valence-electron chi connectivity index (χ2n) is 5.66. The van der Waals surface area contributed by atoms with Crippen LogP contribution in [-0.2, 0) is 25.6 Å². The molecular weight excluding hydrogens is 388 g/mol. The van der Waals surface area contributed by atoms with E-state index in [9.17, 15) is 9.59 Å². The van der Waals surface area contributed by atoms with E-state index < -0.39 is 17.9 Å². The zero-order valence-electron chi connectivity index (χ0n) is 15.7. The van der Waals surface area contributed by atoms with Gasteiger partial charge in [0, 0.05) is 23.8 Å². The van der Waals surface area contributed by atoms with Crippen LogP contribution in [0.1, 0.15) is 35.7 Å². The summed E-state index contributed by atoms with van der Waals surface area (Å²) in [7, 11) is 0. The van der Waals surface area contributed by atoms with Crippen molar-refractivity contribution >= 4 is 23.4 Å². The van der Waals surface area contributed by atoms with Crippen molar-refractivity contribution < 1.29 is 29.0 Å². The number of terminal acetylenes is 1. The highest BCUT2D eigenvalue weighted by Gasteiger charge is 2.22. The van der Waals surface area contributed by atoms with Gasteiger partial charge < -0.3 is 19.5 Å². The van der Waals surface area contributed by atoms with E-state index in [0.717, 1.165) is 0 Å². The molecule has 2 amide bonds. The number of hydroxylamine groups is 1. The van der Waals surface area contributed by atoms with Crippen molar-refractivity contribution in [2.24, 2.45) is 0 Å². The highest BCUT2D eigenvalue weighted by molar-refractivity contribution is 6.30. The van der Waals surface area contributed by atoms with Gasteiger partial charge in [-0.25, -0.2) is 5.48 Å². The lowest BCUT2D eigenvalue weighted by Gasteiger charge is -2.18. The highest BCUT2D eigenvalue weighted by atomic mass is 35.5. The number of hydrogen-bond acceptors (Lipinski definition) is 6. The molecule has 0 heterocycles. The topological polar surface area (TPSA) is 106 Å². The summed E-state index contributed by atoms with van der Waals surface area (Å²) in [5, 5.41) is 12.0. The zero-order chi connectivity index (χ0) is 20.8. The number of halogens is 1. The molecule has 0 saturated heterocycles. The minimum absolute atomic E-state index is 0.0882. The highest BCUT2D eigenvalue weighted by Crippen LogP contribution is 2.18. The van der Waals surface area contributed by atoms with Crippen LogP contribution >= 0.6 is 11.6 Å². The summed E-state index contributed by atoms with van der Waals surface area (Å²) in [5.74, 6) is 1.12. The molecule has 0 aliphatic heterocycles. The Bertz CT molecular complexity index is 677. The average Bonchev–Trinajstić information content (AvgIpc) is 2.69. The van der Waals surface area contributed by atoms with E-state index in [2.05, 4.69) is 11.2 Å². The van der Waals surface area contributed by atoms with Crippen molar-refractivity contribution in [2.75, 3.05) is 26.6 Å². The third-order valence-electron chi connectivity index (χ3n) is 3.64. The summed E-state index contributed by atoms with van der Waals surface area (Å²) in [6.45, 7) is 3.08. The molecular formula is C19H25ClN2O6. The fourth-order valence-electron chi connectivity index (χ4n) is 2.30. The number of carbonyl (C=O) groups excluding carboxylic acids is 2. The largest absolute Gasteiger partial charge is 0.364 e. The Balaban J connectivity index is 2.73. The van der Waals surface area contributed by atoms with Crippen LogP contribution in [0.15, 0.2) is 18.2 Å². The smallest absolute Gasteiger partial charge is 0.265 e. The Kier molecular flexibility index (Phi) is 11.9. The van der Waals surface area contributed by atoms with Gasteiger partial charge in [0.25, 0.3) is 11.8 Å². The van der Waals surface area contributed by atoms with Gasteiger partial charge in [-0.3, -0.25) is 14.8 Å². The molecule has 0 spiro atoms. The first-order chi connectivity index (χ1) is 13.5. The first kappa shape index (κ1) is 23.9. The standard InChI is InChI=1S/C19H25ClN2O6/c1-3-9-27-12-14-11-15(20)7-8-16(14)18(23)21-17(19(24)22-25)6-5-10-28-13-26-4-2/h1,7-8,11,17,25H,4-6,9-10,12-13H2,2H3,(H,21,23)(H,22,24)/t17-/m1/s1. The normalized spacial score (nSPS) is 11.5. The van der Waals surface area contributed by atoms with Crippen LogP contribution < -0.4 is 10.8 Å². The van der Waals surface area contributed by atoms with Crippen LogP contribution in [0.5, 0.6) is 0 Å². The van der Waals surface area contributed by atoms with Crippen molar-refractivity contribution in [1.82, 2.24) is 10.8 Å². The van der Waals surface area contributed by atoms with E-state index in [1.165, 1.54) is 6.07 Å². The number of benzene rings is 1. The number of carbonyl (C=O) groups is 2. The fourth-order valence-corrected chi connectivity index (χ4v) is 2.49. The molecule has 1 aromatic carbocycles. The summed E-state index contributed by atoms with van der Waals surface area (Å²) in [5.41, 5.74) is 2.39. The lowest BCUT2D eigenvalue weighted by molar-refractivity contribution is -0.131.